The molecule has 9 nitrogen and oxygen atoms in total. The zero-order valence-electron chi connectivity index (χ0n) is 16.1. The van der Waals surface area contributed by atoms with Crippen LogP contribution in [-0.2, 0) is 25.5 Å². The maximum absolute atomic E-state index is 12.2. The number of esters is 1. The summed E-state index contributed by atoms with van der Waals surface area (Å²) >= 11 is 0. The SMILES string of the molecule is COC(=O)c1ccc(-n2cc(CCCOS(=O)(=O)c3ccc(C#N)cc3)nn2)cc1. The van der Waals surface area contributed by atoms with E-state index in [9.17, 15) is 13.2 Å². The maximum Gasteiger partial charge on any atom is 0.337 e. The van der Waals surface area contributed by atoms with Crippen molar-refractivity contribution >= 4 is 16.1 Å². The summed E-state index contributed by atoms with van der Waals surface area (Å²) < 4.78 is 35.6. The number of nitrogens with zero attached hydrogens (tertiary/aromatic N) is 4. The largest absolute Gasteiger partial charge is 0.465 e. The van der Waals surface area contributed by atoms with Gasteiger partial charge in [0.1, 0.15) is 0 Å². The first kappa shape index (κ1) is 21.2. The number of carbonyl (C=O) groups is 1. The van der Waals surface area contributed by atoms with E-state index in [1.807, 2.05) is 6.07 Å². The van der Waals surface area contributed by atoms with Crippen molar-refractivity contribution in [3.8, 4) is 11.8 Å². The number of rotatable bonds is 8. The van der Waals surface area contributed by atoms with Crippen molar-refractivity contribution in [2.24, 2.45) is 0 Å². The molecule has 0 aliphatic heterocycles. The van der Waals surface area contributed by atoms with E-state index >= 15 is 0 Å². The van der Waals surface area contributed by atoms with Crippen LogP contribution in [0.1, 0.15) is 28.0 Å². The molecule has 1 heterocycles. The molecule has 0 amide bonds. The molecular weight excluding hydrogens is 408 g/mol. The minimum absolute atomic E-state index is 0.00264. The molecule has 0 saturated heterocycles. The summed E-state index contributed by atoms with van der Waals surface area (Å²) in [5, 5.41) is 16.9. The predicted molar refractivity (Wildman–Crippen MR) is 105 cm³/mol. The lowest BCUT2D eigenvalue weighted by atomic mass is 10.2. The van der Waals surface area contributed by atoms with Crippen LogP contribution in [-0.4, -0.2) is 43.1 Å². The fraction of sp³-hybridized carbons (Fsp3) is 0.200. The van der Waals surface area contributed by atoms with E-state index in [-0.39, 0.29) is 11.5 Å². The van der Waals surface area contributed by atoms with Crippen molar-refractivity contribution in [3.63, 3.8) is 0 Å². The number of methoxy groups -OCH3 is 1. The number of hydrogen-bond donors (Lipinski definition) is 0. The molecule has 3 rings (SSSR count). The van der Waals surface area contributed by atoms with Gasteiger partial charge in [-0.05, 0) is 61.4 Å². The van der Waals surface area contributed by atoms with E-state index in [0.29, 0.717) is 29.7 Å². The lowest BCUT2D eigenvalue weighted by Crippen LogP contribution is -2.08. The Morgan fingerprint density at radius 2 is 1.83 bits per heavy atom. The van der Waals surface area contributed by atoms with Gasteiger partial charge in [0, 0.05) is 0 Å². The summed E-state index contributed by atoms with van der Waals surface area (Å²) in [5.74, 6) is -0.420. The van der Waals surface area contributed by atoms with Gasteiger partial charge in [-0.1, -0.05) is 5.21 Å². The molecule has 0 fully saturated rings. The third-order valence-electron chi connectivity index (χ3n) is 4.18. The number of carbonyl (C=O) groups excluding carboxylic acids is 1. The van der Waals surface area contributed by atoms with Crippen molar-refractivity contribution in [2.45, 2.75) is 17.7 Å². The number of ether oxygens (including phenoxy) is 1. The third kappa shape index (κ3) is 5.08. The van der Waals surface area contributed by atoms with E-state index in [1.165, 1.54) is 31.4 Å². The van der Waals surface area contributed by atoms with E-state index in [0.717, 1.165) is 5.69 Å². The van der Waals surface area contributed by atoms with E-state index < -0.39 is 16.1 Å². The molecule has 0 radical (unpaired) electrons. The average Bonchev–Trinajstić information content (AvgIpc) is 3.25. The Labute approximate surface area is 173 Å². The summed E-state index contributed by atoms with van der Waals surface area (Å²) in [6.45, 7) is -0.0109. The Hall–Kier alpha value is -3.55. The molecule has 0 aliphatic rings. The minimum Gasteiger partial charge on any atom is -0.465 e. The van der Waals surface area contributed by atoms with Gasteiger partial charge >= 0.3 is 5.97 Å². The van der Waals surface area contributed by atoms with Crippen molar-refractivity contribution in [1.82, 2.24) is 15.0 Å². The van der Waals surface area contributed by atoms with Gasteiger partial charge in [-0.25, -0.2) is 9.48 Å². The van der Waals surface area contributed by atoms with Gasteiger partial charge < -0.3 is 4.74 Å². The number of benzene rings is 2. The molecule has 0 spiro atoms. The van der Waals surface area contributed by atoms with Gasteiger partial charge in [0.2, 0.25) is 0 Å². The number of aromatic nitrogens is 3. The van der Waals surface area contributed by atoms with E-state index in [2.05, 4.69) is 15.0 Å². The third-order valence-corrected chi connectivity index (χ3v) is 5.51. The van der Waals surface area contributed by atoms with Crippen LogP contribution < -0.4 is 0 Å². The highest BCUT2D eigenvalue weighted by molar-refractivity contribution is 7.86. The molecule has 30 heavy (non-hydrogen) atoms. The summed E-state index contributed by atoms with van der Waals surface area (Å²) in [4.78, 5) is 11.5. The molecule has 3 aromatic rings. The van der Waals surface area contributed by atoms with Gasteiger partial charge in [0.25, 0.3) is 10.1 Å². The fourth-order valence-corrected chi connectivity index (χ4v) is 3.54. The minimum atomic E-state index is -3.88. The van der Waals surface area contributed by atoms with E-state index in [4.69, 9.17) is 9.44 Å². The van der Waals surface area contributed by atoms with Crippen LogP contribution in [0.3, 0.4) is 0 Å². The summed E-state index contributed by atoms with van der Waals surface area (Å²) in [5.41, 5.74) is 2.20. The van der Waals surface area contributed by atoms with Gasteiger partial charge in [-0.3, -0.25) is 4.18 Å². The average molecular weight is 426 g/mol. The van der Waals surface area contributed by atoms with E-state index in [1.54, 1.807) is 35.1 Å². The second-order valence-electron chi connectivity index (χ2n) is 6.21. The Morgan fingerprint density at radius 1 is 1.13 bits per heavy atom. The second kappa shape index (κ2) is 9.30. The first-order chi connectivity index (χ1) is 14.4. The zero-order valence-corrected chi connectivity index (χ0v) is 16.9. The Morgan fingerprint density at radius 3 is 2.47 bits per heavy atom. The highest BCUT2D eigenvalue weighted by Gasteiger charge is 2.15. The molecule has 1 aromatic heterocycles. The summed E-state index contributed by atoms with van der Waals surface area (Å²) in [6.07, 6.45) is 2.63. The normalized spacial score (nSPS) is 11.1. The van der Waals surface area contributed by atoms with Crippen molar-refractivity contribution in [2.75, 3.05) is 13.7 Å². The Bertz CT molecular complexity index is 1160. The molecule has 0 atom stereocenters. The first-order valence-corrected chi connectivity index (χ1v) is 10.3. The number of nitriles is 1. The zero-order chi connectivity index (χ0) is 21.6. The van der Waals surface area contributed by atoms with Crippen LogP contribution in [0, 0.1) is 11.3 Å². The fourth-order valence-electron chi connectivity index (χ4n) is 2.59. The monoisotopic (exact) mass is 426 g/mol. The standard InChI is InChI=1S/C20H18N4O5S/c1-28-20(25)16-6-8-18(9-7-16)24-14-17(22-23-24)3-2-12-29-30(26,27)19-10-4-15(13-21)5-11-19/h4-11,14H,2-3,12H2,1H3. The Balaban J connectivity index is 1.53. The lowest BCUT2D eigenvalue weighted by Gasteiger charge is -2.05. The molecule has 0 unspecified atom stereocenters. The highest BCUT2D eigenvalue weighted by atomic mass is 32.2. The molecule has 0 N–H and O–H groups in total. The molecule has 10 heteroatoms. The van der Waals surface area contributed by atoms with Crippen LogP contribution in [0.5, 0.6) is 0 Å². The first-order valence-electron chi connectivity index (χ1n) is 8.92. The van der Waals surface area contributed by atoms with Crippen LogP contribution in [0.2, 0.25) is 0 Å². The van der Waals surface area contributed by atoms with Crippen molar-refractivity contribution in [3.05, 3.63) is 71.5 Å². The quantitative estimate of drug-likeness (QED) is 0.305. The number of hydrogen-bond acceptors (Lipinski definition) is 8. The topological polar surface area (TPSA) is 124 Å². The van der Waals surface area contributed by atoms with Crippen LogP contribution in [0.4, 0.5) is 0 Å². The van der Waals surface area contributed by atoms with Crippen molar-refractivity contribution < 1.29 is 22.1 Å². The maximum atomic E-state index is 12.2. The number of aryl methyl sites for hydroxylation is 1. The van der Waals surface area contributed by atoms with Gasteiger partial charge in [0.15, 0.2) is 0 Å². The molecular formula is C20H18N4O5S. The molecule has 0 bridgehead atoms. The molecule has 154 valence electrons. The molecule has 0 aliphatic carbocycles. The smallest absolute Gasteiger partial charge is 0.337 e. The van der Waals surface area contributed by atoms with Gasteiger partial charge in [-0.15, -0.1) is 5.10 Å². The summed E-state index contributed by atoms with van der Waals surface area (Å²) in [6, 6.07) is 14.2. The predicted octanol–water partition coefficient (Wildman–Crippen LogP) is 2.26. The second-order valence-corrected chi connectivity index (χ2v) is 7.82. The molecule has 2 aromatic carbocycles. The van der Waals surface area contributed by atoms with Crippen LogP contribution >= 0.6 is 0 Å². The van der Waals surface area contributed by atoms with Gasteiger partial charge in [0.05, 0.1) is 53.4 Å². The van der Waals surface area contributed by atoms with Crippen molar-refractivity contribution in [1.29, 1.82) is 5.26 Å². The lowest BCUT2D eigenvalue weighted by molar-refractivity contribution is 0.0600. The molecule has 0 saturated carbocycles. The highest BCUT2D eigenvalue weighted by Crippen LogP contribution is 2.14. The summed E-state index contributed by atoms with van der Waals surface area (Å²) in [7, 11) is -2.56. The van der Waals surface area contributed by atoms with Crippen LogP contribution in [0.15, 0.2) is 59.6 Å². The van der Waals surface area contributed by atoms with Crippen LogP contribution in [0.25, 0.3) is 5.69 Å². The Kier molecular flexibility index (Phi) is 6.56. The van der Waals surface area contributed by atoms with Gasteiger partial charge in [-0.2, -0.15) is 13.7 Å².